The predicted octanol–water partition coefficient (Wildman–Crippen LogP) is 7.09. The van der Waals surface area contributed by atoms with Crippen molar-refractivity contribution in [1.29, 1.82) is 0 Å². The summed E-state index contributed by atoms with van der Waals surface area (Å²) in [6.07, 6.45) is 12.3. The fourth-order valence-corrected chi connectivity index (χ4v) is 8.20. The summed E-state index contributed by atoms with van der Waals surface area (Å²) in [7, 11) is 0. The zero-order chi connectivity index (χ0) is 20.9. The van der Waals surface area contributed by atoms with Gasteiger partial charge in [-0.05, 0) is 48.5 Å². The smallest absolute Gasteiger partial charge is 0.0163 e. The van der Waals surface area contributed by atoms with Crippen LogP contribution in [-0.2, 0) is 0 Å². The van der Waals surface area contributed by atoms with E-state index in [9.17, 15) is 0 Å². The standard InChI is InChI=1S/C29H35P/c1-2-3-4-5-6-7-8-9-19-26-30(27-20-13-10-14-21-27,28-22-15-11-16-23-28)29-24-17-12-18-25-29/h2,10-18,20-26H,1,3-9,19H2. The third-order valence-corrected chi connectivity index (χ3v) is 9.90. The SMILES string of the molecule is C=CCCCCCCCCC=P(c1ccccc1)(c1ccccc1)c1ccccc1. The molecule has 0 aliphatic heterocycles. The van der Waals surface area contributed by atoms with E-state index in [1.165, 1.54) is 60.9 Å². The summed E-state index contributed by atoms with van der Waals surface area (Å²) >= 11 is 0. The molecule has 0 amide bonds. The molecule has 0 fully saturated rings. The molecule has 0 N–H and O–H groups in total. The third-order valence-electron chi connectivity index (χ3n) is 5.76. The molecule has 3 aromatic carbocycles. The Morgan fingerprint density at radius 3 is 1.27 bits per heavy atom. The van der Waals surface area contributed by atoms with Gasteiger partial charge in [0.1, 0.15) is 0 Å². The van der Waals surface area contributed by atoms with Crippen molar-refractivity contribution in [2.75, 3.05) is 0 Å². The van der Waals surface area contributed by atoms with Gasteiger partial charge in [-0.25, -0.2) is 0 Å². The van der Waals surface area contributed by atoms with Crippen molar-refractivity contribution in [1.82, 2.24) is 0 Å². The van der Waals surface area contributed by atoms with Gasteiger partial charge in [0.05, 0.1) is 0 Å². The second-order valence-electron chi connectivity index (χ2n) is 7.90. The van der Waals surface area contributed by atoms with Crippen LogP contribution in [-0.4, -0.2) is 5.80 Å². The Morgan fingerprint density at radius 2 is 0.867 bits per heavy atom. The molecule has 0 unspecified atom stereocenters. The van der Waals surface area contributed by atoms with Gasteiger partial charge in [0.2, 0.25) is 0 Å². The topological polar surface area (TPSA) is 0 Å². The molecule has 1 heteroatoms. The first-order valence-corrected chi connectivity index (χ1v) is 13.2. The Morgan fingerprint density at radius 1 is 0.500 bits per heavy atom. The summed E-state index contributed by atoms with van der Waals surface area (Å²) in [6.45, 7) is 2.06. The second-order valence-corrected chi connectivity index (χ2v) is 11.3. The van der Waals surface area contributed by atoms with E-state index in [-0.39, 0.29) is 0 Å². The average Bonchev–Trinajstić information content (AvgIpc) is 2.82. The van der Waals surface area contributed by atoms with Crippen molar-refractivity contribution in [3.63, 3.8) is 0 Å². The fourth-order valence-electron chi connectivity index (χ4n) is 4.18. The molecule has 0 aliphatic carbocycles. The first kappa shape index (κ1) is 22.4. The minimum absolute atomic E-state index is 1.16. The monoisotopic (exact) mass is 414 g/mol. The summed E-state index contributed by atoms with van der Waals surface area (Å²) in [6, 6.07) is 33.4. The molecule has 0 saturated carbocycles. The van der Waals surface area contributed by atoms with Gasteiger partial charge in [0.25, 0.3) is 0 Å². The number of hydrogen-bond acceptors (Lipinski definition) is 0. The van der Waals surface area contributed by atoms with Gasteiger partial charge >= 0.3 is 0 Å². The van der Waals surface area contributed by atoms with Crippen LogP contribution in [0.25, 0.3) is 0 Å². The van der Waals surface area contributed by atoms with E-state index in [0.717, 1.165) is 6.42 Å². The Bertz CT molecular complexity index is 807. The number of benzene rings is 3. The predicted molar refractivity (Wildman–Crippen MR) is 138 cm³/mol. The quantitative estimate of drug-likeness (QED) is 0.169. The highest BCUT2D eigenvalue weighted by Gasteiger charge is 2.24. The average molecular weight is 415 g/mol. The highest BCUT2D eigenvalue weighted by Crippen LogP contribution is 2.44. The molecule has 0 atom stereocenters. The molecule has 3 aromatic rings. The summed E-state index contributed by atoms with van der Waals surface area (Å²) in [5, 5.41) is 4.35. The van der Waals surface area contributed by atoms with Gasteiger partial charge in [-0.1, -0.05) is 129 Å². The van der Waals surface area contributed by atoms with Crippen molar-refractivity contribution in [3.05, 3.63) is 104 Å². The largest absolute Gasteiger partial charge is 0.103 e. The van der Waals surface area contributed by atoms with Crippen molar-refractivity contribution < 1.29 is 0 Å². The van der Waals surface area contributed by atoms with Crippen LogP contribution in [0.3, 0.4) is 0 Å². The Balaban J connectivity index is 1.86. The van der Waals surface area contributed by atoms with Crippen LogP contribution in [0.5, 0.6) is 0 Å². The molecule has 0 aliphatic rings. The van der Waals surface area contributed by atoms with Crippen molar-refractivity contribution >= 4 is 28.6 Å². The van der Waals surface area contributed by atoms with Crippen LogP contribution in [0.1, 0.15) is 51.4 Å². The lowest BCUT2D eigenvalue weighted by molar-refractivity contribution is 0.605. The highest BCUT2D eigenvalue weighted by molar-refractivity contribution is 7.94. The van der Waals surface area contributed by atoms with E-state index in [1.54, 1.807) is 0 Å². The van der Waals surface area contributed by atoms with Crippen LogP contribution < -0.4 is 15.9 Å². The van der Waals surface area contributed by atoms with Crippen molar-refractivity contribution in [2.24, 2.45) is 0 Å². The minimum Gasteiger partial charge on any atom is -0.103 e. The van der Waals surface area contributed by atoms with Crippen molar-refractivity contribution in [2.45, 2.75) is 51.4 Å². The van der Waals surface area contributed by atoms with Crippen LogP contribution in [0, 0.1) is 0 Å². The molecule has 0 saturated heterocycles. The van der Waals surface area contributed by atoms with Gasteiger partial charge in [0, 0.05) is 0 Å². The fraction of sp³-hybridized carbons (Fsp3) is 0.276. The van der Waals surface area contributed by atoms with Crippen LogP contribution in [0.4, 0.5) is 0 Å². The molecule has 0 bridgehead atoms. The summed E-state index contributed by atoms with van der Waals surface area (Å²) in [5.74, 6) is 2.67. The number of hydrogen-bond donors (Lipinski definition) is 0. The molecule has 0 heterocycles. The maximum atomic E-state index is 3.82. The maximum Gasteiger partial charge on any atom is -0.0163 e. The highest BCUT2D eigenvalue weighted by atomic mass is 31.2. The number of allylic oxidation sites excluding steroid dienone is 1. The summed E-state index contributed by atoms with van der Waals surface area (Å²) in [4.78, 5) is 0. The number of unbranched alkanes of at least 4 members (excludes halogenated alkanes) is 7. The first-order chi connectivity index (χ1) is 14.9. The molecule has 0 spiro atoms. The second kappa shape index (κ2) is 12.4. The minimum atomic E-state index is -1.76. The Kier molecular flexibility index (Phi) is 9.26. The molecule has 0 radical (unpaired) electrons. The van der Waals surface area contributed by atoms with Crippen LogP contribution in [0.2, 0.25) is 0 Å². The van der Waals surface area contributed by atoms with Gasteiger partial charge in [-0.15, -0.1) is 6.58 Å². The molecule has 0 aromatic heterocycles. The molecule has 0 nitrogen and oxygen atoms in total. The normalized spacial score (nSPS) is 11.2. The Hall–Kier alpha value is -2.30. The zero-order valence-corrected chi connectivity index (χ0v) is 19.0. The first-order valence-electron chi connectivity index (χ1n) is 11.4. The Labute approximate surface area is 183 Å². The molecule has 3 rings (SSSR count). The van der Waals surface area contributed by atoms with E-state index < -0.39 is 6.89 Å². The lowest BCUT2D eigenvalue weighted by Crippen LogP contribution is -2.26. The van der Waals surface area contributed by atoms with Gasteiger partial charge in [-0.2, -0.15) is 0 Å². The van der Waals surface area contributed by atoms with E-state index in [1.807, 2.05) is 6.08 Å². The molecular formula is C29H35P. The van der Waals surface area contributed by atoms with E-state index in [0.29, 0.717) is 0 Å². The van der Waals surface area contributed by atoms with Gasteiger partial charge < -0.3 is 0 Å². The summed E-state index contributed by atoms with van der Waals surface area (Å²) < 4.78 is 0. The summed E-state index contributed by atoms with van der Waals surface area (Å²) in [5.41, 5.74) is 0. The van der Waals surface area contributed by atoms with E-state index in [4.69, 9.17) is 0 Å². The van der Waals surface area contributed by atoms with E-state index in [2.05, 4.69) is 103 Å². The number of rotatable bonds is 12. The van der Waals surface area contributed by atoms with Gasteiger partial charge in [-0.3, -0.25) is 0 Å². The van der Waals surface area contributed by atoms with Gasteiger partial charge in [0.15, 0.2) is 0 Å². The van der Waals surface area contributed by atoms with Crippen LogP contribution >= 0.6 is 6.89 Å². The zero-order valence-electron chi connectivity index (χ0n) is 18.1. The third kappa shape index (κ3) is 5.87. The van der Waals surface area contributed by atoms with E-state index >= 15 is 0 Å². The molecular weight excluding hydrogens is 379 g/mol. The molecule has 156 valence electrons. The van der Waals surface area contributed by atoms with Crippen LogP contribution in [0.15, 0.2) is 104 Å². The van der Waals surface area contributed by atoms with Crippen molar-refractivity contribution in [3.8, 4) is 0 Å². The maximum absolute atomic E-state index is 3.82. The molecule has 30 heavy (non-hydrogen) atoms. The lowest BCUT2D eigenvalue weighted by Gasteiger charge is -2.29. The lowest BCUT2D eigenvalue weighted by atomic mass is 10.1.